The summed E-state index contributed by atoms with van der Waals surface area (Å²) in [6.07, 6.45) is -0.969. The third kappa shape index (κ3) is 13.0. The van der Waals surface area contributed by atoms with Crippen molar-refractivity contribution in [3.63, 3.8) is 0 Å². The van der Waals surface area contributed by atoms with Crippen LogP contribution in [-0.4, -0.2) is 136 Å². The van der Waals surface area contributed by atoms with E-state index in [1.54, 1.807) is 21.0 Å². The maximum absolute atomic E-state index is 14.4. The van der Waals surface area contributed by atoms with Crippen molar-refractivity contribution in [1.82, 2.24) is 25.8 Å². The van der Waals surface area contributed by atoms with E-state index >= 15 is 0 Å². The van der Waals surface area contributed by atoms with E-state index in [4.69, 9.17) is 14.2 Å². The fourth-order valence-corrected chi connectivity index (χ4v) is 7.72. The molecule has 2 rings (SSSR count). The molecule has 19 heteroatoms. The van der Waals surface area contributed by atoms with Gasteiger partial charge in [0.2, 0.25) is 23.6 Å². The number of likely N-dealkylation sites (tertiary alicyclic amines) is 1. The van der Waals surface area contributed by atoms with E-state index in [0.717, 1.165) is 5.56 Å². The molecule has 1 aliphatic rings. The van der Waals surface area contributed by atoms with Gasteiger partial charge in [0, 0.05) is 44.1 Å². The Balaban J connectivity index is 2.44. The van der Waals surface area contributed by atoms with Crippen LogP contribution in [0.1, 0.15) is 66.4 Å². The van der Waals surface area contributed by atoms with Gasteiger partial charge in [-0.1, -0.05) is 88.5 Å². The molecule has 4 amide bonds. The van der Waals surface area contributed by atoms with Crippen LogP contribution in [0.5, 0.6) is 0 Å². The van der Waals surface area contributed by atoms with Gasteiger partial charge in [0.1, 0.15) is 12.1 Å². The predicted octanol–water partition coefficient (Wildman–Crippen LogP) is 3.52. The van der Waals surface area contributed by atoms with Gasteiger partial charge in [-0.25, -0.2) is 4.79 Å². The number of benzene rings is 1. The molecule has 1 aromatic carbocycles. The van der Waals surface area contributed by atoms with Crippen LogP contribution < -0.4 is 16.0 Å². The molecule has 0 radical (unpaired) electrons. The Kier molecular flexibility index (Phi) is 20.4. The maximum Gasteiger partial charge on any atom is 0.328 e. The SMILES string of the molecule is CC[C@H](C)[C@@H]([C@@H](CC(=O)N1CC(N=[N+]=[N-])C[C@H]1[C@H](OC)[C@@H](C)C(=O)N[C@@H](Cc1ccccc1)C(=O)OC)OC)N(C)C(=O)[C@@H](NC(=O)[C@@H](NC)C(C)C)C(C)N=[N+]=[N-]. The number of esters is 1. The van der Waals surface area contributed by atoms with Gasteiger partial charge >= 0.3 is 5.97 Å². The summed E-state index contributed by atoms with van der Waals surface area (Å²) in [6.45, 7) is 10.8. The van der Waals surface area contributed by atoms with Crippen LogP contribution in [0.2, 0.25) is 0 Å². The van der Waals surface area contributed by atoms with Gasteiger partial charge in [0.05, 0.1) is 61.9 Å². The summed E-state index contributed by atoms with van der Waals surface area (Å²) in [4.78, 5) is 77.3. The second-order valence-electron chi connectivity index (χ2n) is 15.2. The normalized spacial score (nSPS) is 19.8. The zero-order valence-electron chi connectivity index (χ0n) is 35.7. The molecule has 1 aliphatic heterocycles. The fraction of sp³-hybridized carbons (Fsp3) is 0.718. The van der Waals surface area contributed by atoms with Crippen molar-refractivity contribution in [2.45, 2.75) is 122 Å². The third-order valence-electron chi connectivity index (χ3n) is 11.1. The van der Waals surface area contributed by atoms with Gasteiger partial charge in [-0.05, 0) is 41.9 Å². The van der Waals surface area contributed by atoms with E-state index < -0.39 is 90.0 Å². The highest BCUT2D eigenvalue weighted by Gasteiger charge is 2.46. The Hall–Kier alpha value is -4.93. The Morgan fingerprint density at radius 3 is 2.12 bits per heavy atom. The molecule has 19 nitrogen and oxygen atoms in total. The lowest BCUT2D eigenvalue weighted by Crippen LogP contribution is -2.60. The van der Waals surface area contributed by atoms with Crippen LogP contribution in [-0.2, 0) is 44.6 Å². The highest BCUT2D eigenvalue weighted by molar-refractivity contribution is 5.91. The smallest absolute Gasteiger partial charge is 0.328 e. The molecule has 0 aromatic heterocycles. The fourth-order valence-electron chi connectivity index (χ4n) is 7.72. The number of ether oxygens (including phenoxy) is 3. The van der Waals surface area contributed by atoms with Crippen LogP contribution in [0.25, 0.3) is 20.9 Å². The van der Waals surface area contributed by atoms with Gasteiger partial charge in [0.15, 0.2) is 0 Å². The lowest BCUT2D eigenvalue weighted by Gasteiger charge is -2.41. The van der Waals surface area contributed by atoms with E-state index in [9.17, 15) is 35.0 Å². The molecule has 11 atom stereocenters. The second kappa shape index (κ2) is 24.1. The molecule has 1 aromatic rings. The molecular formula is C39H63N11O8. The standard InChI is InChI=1S/C39H63N11O8/c1-12-23(4)34(49(8)38(54)33(25(6)45-47-40)44-37(53)32(42-7)22(2)3)30(56-9)20-31(51)50-21-27(46-48-41)19-29(50)35(57-10)24(5)36(52)43-28(39(55)58-11)18-26-16-14-13-15-17-26/h13-17,22-25,27-30,32-35,42H,12,18-21H2,1-11H3,(H,43,52)(H,44,53)/t23-,24+,25?,27?,28-,29-,30+,32-,33-,34-,35+/m0/s1. The van der Waals surface area contributed by atoms with Crippen molar-refractivity contribution in [3.05, 3.63) is 56.8 Å². The summed E-state index contributed by atoms with van der Waals surface area (Å²) in [5.74, 6) is -3.69. The Labute approximate surface area is 341 Å². The van der Waals surface area contributed by atoms with E-state index in [2.05, 4.69) is 36.0 Å². The van der Waals surface area contributed by atoms with Crippen molar-refractivity contribution < 1.29 is 38.2 Å². The summed E-state index contributed by atoms with van der Waals surface area (Å²) in [5, 5.41) is 16.2. The van der Waals surface area contributed by atoms with E-state index in [1.165, 1.54) is 38.1 Å². The first-order valence-electron chi connectivity index (χ1n) is 19.6. The van der Waals surface area contributed by atoms with E-state index in [-0.39, 0.29) is 37.6 Å². The van der Waals surface area contributed by atoms with Crippen molar-refractivity contribution >= 4 is 29.6 Å². The quantitative estimate of drug-likeness (QED) is 0.0632. The van der Waals surface area contributed by atoms with Crippen LogP contribution >= 0.6 is 0 Å². The van der Waals surface area contributed by atoms with E-state index in [1.807, 2.05) is 58.0 Å². The molecule has 1 saturated heterocycles. The average Bonchev–Trinajstić information content (AvgIpc) is 3.62. The molecule has 2 unspecified atom stereocenters. The monoisotopic (exact) mass is 813 g/mol. The van der Waals surface area contributed by atoms with E-state index in [0.29, 0.717) is 6.42 Å². The number of rotatable bonds is 23. The number of azide groups is 2. The third-order valence-corrected chi connectivity index (χ3v) is 11.1. The van der Waals surface area contributed by atoms with Gasteiger partial charge in [-0.15, -0.1) is 0 Å². The van der Waals surface area contributed by atoms with Crippen molar-refractivity contribution in [2.24, 2.45) is 28.0 Å². The second-order valence-corrected chi connectivity index (χ2v) is 15.2. The number of methoxy groups -OCH3 is 3. The first kappa shape index (κ1) is 49.2. The van der Waals surface area contributed by atoms with Crippen molar-refractivity contribution in [2.75, 3.05) is 42.0 Å². The largest absolute Gasteiger partial charge is 0.467 e. The molecule has 0 spiro atoms. The minimum Gasteiger partial charge on any atom is -0.467 e. The molecule has 0 bridgehead atoms. The molecule has 1 fully saturated rings. The minimum atomic E-state index is -1.23. The van der Waals surface area contributed by atoms with Gasteiger partial charge in [-0.3, -0.25) is 19.2 Å². The van der Waals surface area contributed by atoms with Crippen molar-refractivity contribution in [1.29, 1.82) is 0 Å². The number of hydrogen-bond acceptors (Lipinski definition) is 11. The van der Waals surface area contributed by atoms with Crippen LogP contribution in [0.3, 0.4) is 0 Å². The summed E-state index contributed by atoms with van der Waals surface area (Å²) in [7, 11) is 7.30. The van der Waals surface area contributed by atoms with Crippen LogP contribution in [0, 0.1) is 17.8 Å². The number of hydrogen-bond donors (Lipinski definition) is 3. The van der Waals surface area contributed by atoms with Gasteiger partial charge in [-0.2, -0.15) is 0 Å². The molecule has 0 saturated carbocycles. The van der Waals surface area contributed by atoms with Crippen LogP contribution in [0.15, 0.2) is 40.6 Å². The highest BCUT2D eigenvalue weighted by Crippen LogP contribution is 2.31. The number of nitrogens with zero attached hydrogens (tertiary/aromatic N) is 8. The Morgan fingerprint density at radius 2 is 1.60 bits per heavy atom. The lowest BCUT2D eigenvalue weighted by molar-refractivity contribution is -0.148. The Morgan fingerprint density at radius 1 is 0.948 bits per heavy atom. The molecule has 3 N–H and O–H groups in total. The number of carbonyl (C=O) groups excluding carboxylic acids is 5. The first-order valence-corrected chi connectivity index (χ1v) is 19.6. The summed E-state index contributed by atoms with van der Waals surface area (Å²) in [5.41, 5.74) is 19.4. The number of amides is 4. The summed E-state index contributed by atoms with van der Waals surface area (Å²) in [6, 6.07) is 3.35. The molecule has 322 valence electrons. The maximum atomic E-state index is 14.4. The summed E-state index contributed by atoms with van der Waals surface area (Å²) >= 11 is 0. The summed E-state index contributed by atoms with van der Waals surface area (Å²) < 4.78 is 16.8. The minimum absolute atomic E-state index is 0.0417. The number of nitrogens with one attached hydrogen (secondary N) is 3. The van der Waals surface area contributed by atoms with Gasteiger partial charge < -0.3 is 40.0 Å². The zero-order valence-corrected chi connectivity index (χ0v) is 35.7. The predicted molar refractivity (Wildman–Crippen MR) is 217 cm³/mol. The Bertz CT molecular complexity index is 1620. The average molecular weight is 814 g/mol. The molecule has 58 heavy (non-hydrogen) atoms. The zero-order chi connectivity index (χ0) is 43.7. The highest BCUT2D eigenvalue weighted by atomic mass is 16.5. The van der Waals surface area contributed by atoms with Crippen LogP contribution in [0.4, 0.5) is 0 Å². The topological polar surface area (TPSA) is 253 Å². The lowest BCUT2D eigenvalue weighted by atomic mass is 9.89. The number of likely N-dealkylation sites (N-methyl/N-ethyl adjacent to an activating group) is 2. The van der Waals surface area contributed by atoms with Crippen molar-refractivity contribution in [3.8, 4) is 0 Å². The first-order chi connectivity index (χ1) is 27.5. The molecule has 0 aliphatic carbocycles. The molecular weight excluding hydrogens is 750 g/mol. The van der Waals surface area contributed by atoms with Gasteiger partial charge in [0.25, 0.3) is 0 Å². The number of carbonyl (C=O) groups is 5. The molecule has 1 heterocycles.